The molecule has 5 nitrogen and oxygen atoms in total. The number of hydrogen-bond acceptors (Lipinski definition) is 4. The number of pyridine rings is 1. The number of fused-ring (bicyclic) bond motifs is 1. The van der Waals surface area contributed by atoms with Crippen molar-refractivity contribution in [3.05, 3.63) is 54.0 Å². The number of aromatic nitrogens is 3. The van der Waals surface area contributed by atoms with Gasteiger partial charge in [0.25, 0.3) is 0 Å². The van der Waals surface area contributed by atoms with Crippen LogP contribution in [0.15, 0.2) is 42.6 Å². The maximum absolute atomic E-state index is 12.4. The number of carbonyl (C=O) groups is 1. The van der Waals surface area contributed by atoms with Gasteiger partial charge < -0.3 is 9.30 Å². The average Bonchev–Trinajstić information content (AvgIpc) is 2.84. The standard InChI is InChI=1S/C16H15N3O2/c1-19-13-8-4-3-7-12(13)18-15(19)10-14(20)11-6-5-9-17-16(11)21-2/h3-9H,10H2,1-2H3. The van der Waals surface area contributed by atoms with Gasteiger partial charge in [-0.15, -0.1) is 0 Å². The first-order chi connectivity index (χ1) is 10.2. The van der Waals surface area contributed by atoms with Crippen LogP contribution in [0, 0.1) is 0 Å². The van der Waals surface area contributed by atoms with E-state index in [2.05, 4.69) is 9.97 Å². The molecule has 0 saturated carbocycles. The highest BCUT2D eigenvalue weighted by molar-refractivity contribution is 5.99. The Kier molecular flexibility index (Phi) is 3.39. The summed E-state index contributed by atoms with van der Waals surface area (Å²) in [6.07, 6.45) is 1.82. The van der Waals surface area contributed by atoms with Crippen LogP contribution in [0.5, 0.6) is 5.88 Å². The molecule has 0 amide bonds. The van der Waals surface area contributed by atoms with Gasteiger partial charge in [0.05, 0.1) is 30.1 Å². The fourth-order valence-electron chi connectivity index (χ4n) is 2.36. The number of imidazole rings is 1. The lowest BCUT2D eigenvalue weighted by Gasteiger charge is -2.06. The van der Waals surface area contributed by atoms with E-state index in [1.165, 1.54) is 7.11 Å². The second-order valence-corrected chi connectivity index (χ2v) is 4.74. The summed E-state index contributed by atoms with van der Waals surface area (Å²) >= 11 is 0. The molecule has 1 aromatic carbocycles. The number of methoxy groups -OCH3 is 1. The molecule has 106 valence electrons. The zero-order valence-electron chi connectivity index (χ0n) is 11.9. The molecule has 0 saturated heterocycles. The first-order valence-electron chi connectivity index (χ1n) is 6.63. The molecular formula is C16H15N3O2. The summed E-state index contributed by atoms with van der Waals surface area (Å²) in [5.41, 5.74) is 2.38. The number of aryl methyl sites for hydroxylation is 1. The second-order valence-electron chi connectivity index (χ2n) is 4.74. The Labute approximate surface area is 122 Å². The van der Waals surface area contributed by atoms with Gasteiger partial charge in [0, 0.05) is 13.2 Å². The van der Waals surface area contributed by atoms with Gasteiger partial charge in [0.1, 0.15) is 5.82 Å². The molecule has 0 spiro atoms. The average molecular weight is 281 g/mol. The van der Waals surface area contributed by atoms with Crippen LogP contribution in [0.4, 0.5) is 0 Å². The molecule has 0 aliphatic carbocycles. The van der Waals surface area contributed by atoms with Crippen LogP contribution in [-0.2, 0) is 13.5 Å². The van der Waals surface area contributed by atoms with Crippen LogP contribution in [-0.4, -0.2) is 27.4 Å². The Bertz CT molecular complexity index is 808. The lowest BCUT2D eigenvalue weighted by molar-refractivity contribution is 0.0986. The number of nitrogens with zero attached hydrogens (tertiary/aromatic N) is 3. The molecule has 2 heterocycles. The molecule has 0 atom stereocenters. The van der Waals surface area contributed by atoms with Gasteiger partial charge >= 0.3 is 0 Å². The fourth-order valence-corrected chi connectivity index (χ4v) is 2.36. The van der Waals surface area contributed by atoms with Gasteiger partial charge in [-0.25, -0.2) is 9.97 Å². The first-order valence-corrected chi connectivity index (χ1v) is 6.63. The van der Waals surface area contributed by atoms with Gasteiger partial charge in [0.15, 0.2) is 5.78 Å². The number of carbonyl (C=O) groups excluding carboxylic acids is 1. The lowest BCUT2D eigenvalue weighted by atomic mass is 10.1. The van der Waals surface area contributed by atoms with E-state index in [1.54, 1.807) is 18.3 Å². The molecule has 0 aliphatic rings. The molecule has 0 aliphatic heterocycles. The van der Waals surface area contributed by atoms with E-state index in [9.17, 15) is 4.79 Å². The topological polar surface area (TPSA) is 57.0 Å². The number of rotatable bonds is 4. The summed E-state index contributed by atoms with van der Waals surface area (Å²) in [6, 6.07) is 11.3. The van der Waals surface area contributed by atoms with Crippen molar-refractivity contribution in [1.29, 1.82) is 0 Å². The third kappa shape index (κ3) is 2.38. The third-order valence-electron chi connectivity index (χ3n) is 3.46. The fraction of sp³-hybridized carbons (Fsp3) is 0.188. The van der Waals surface area contributed by atoms with Crippen molar-refractivity contribution in [3.63, 3.8) is 0 Å². The Hall–Kier alpha value is -2.69. The summed E-state index contributed by atoms with van der Waals surface area (Å²) in [6.45, 7) is 0. The quantitative estimate of drug-likeness (QED) is 0.689. The highest BCUT2D eigenvalue weighted by Gasteiger charge is 2.17. The summed E-state index contributed by atoms with van der Waals surface area (Å²) in [5.74, 6) is 1.02. The van der Waals surface area contributed by atoms with Gasteiger partial charge in [-0.05, 0) is 24.3 Å². The monoisotopic (exact) mass is 281 g/mol. The molecule has 5 heteroatoms. The molecule has 0 unspecified atom stereocenters. The summed E-state index contributed by atoms with van der Waals surface area (Å²) in [7, 11) is 3.42. The van der Waals surface area contributed by atoms with E-state index in [1.807, 2.05) is 35.9 Å². The van der Waals surface area contributed by atoms with Crippen LogP contribution in [0.3, 0.4) is 0 Å². The normalized spacial score (nSPS) is 10.8. The molecule has 0 fully saturated rings. The van der Waals surface area contributed by atoms with Crippen molar-refractivity contribution < 1.29 is 9.53 Å². The lowest BCUT2D eigenvalue weighted by Crippen LogP contribution is -2.10. The van der Waals surface area contributed by atoms with Crippen LogP contribution in [0.2, 0.25) is 0 Å². The van der Waals surface area contributed by atoms with Crippen LogP contribution in [0.25, 0.3) is 11.0 Å². The van der Waals surface area contributed by atoms with E-state index in [4.69, 9.17) is 4.74 Å². The number of para-hydroxylation sites is 2. The molecule has 21 heavy (non-hydrogen) atoms. The molecular weight excluding hydrogens is 266 g/mol. The van der Waals surface area contributed by atoms with Crippen molar-refractivity contribution in [2.75, 3.05) is 7.11 Å². The number of ether oxygens (including phenoxy) is 1. The maximum Gasteiger partial charge on any atom is 0.224 e. The summed E-state index contributed by atoms with van der Waals surface area (Å²) in [5, 5.41) is 0. The van der Waals surface area contributed by atoms with Crippen LogP contribution in [0.1, 0.15) is 16.2 Å². The summed E-state index contributed by atoms with van der Waals surface area (Å²) < 4.78 is 7.07. The van der Waals surface area contributed by atoms with Crippen LogP contribution < -0.4 is 4.74 Å². The van der Waals surface area contributed by atoms with Gasteiger partial charge in [-0.1, -0.05) is 12.1 Å². The highest BCUT2D eigenvalue weighted by Crippen LogP contribution is 2.19. The van der Waals surface area contributed by atoms with Gasteiger partial charge in [-0.3, -0.25) is 4.79 Å². The minimum Gasteiger partial charge on any atom is -0.480 e. The Morgan fingerprint density at radius 2 is 2.05 bits per heavy atom. The Morgan fingerprint density at radius 1 is 1.24 bits per heavy atom. The van der Waals surface area contributed by atoms with Crippen molar-refractivity contribution >= 4 is 16.8 Å². The van der Waals surface area contributed by atoms with E-state index in [-0.39, 0.29) is 12.2 Å². The first kappa shape index (κ1) is 13.3. The predicted molar refractivity (Wildman–Crippen MR) is 79.5 cm³/mol. The number of hydrogen-bond donors (Lipinski definition) is 0. The van der Waals surface area contributed by atoms with E-state index >= 15 is 0 Å². The highest BCUT2D eigenvalue weighted by atomic mass is 16.5. The SMILES string of the molecule is COc1ncccc1C(=O)Cc1nc2ccccc2n1C. The van der Waals surface area contributed by atoms with Crippen molar-refractivity contribution in [3.8, 4) is 5.88 Å². The summed E-state index contributed by atoms with van der Waals surface area (Å²) in [4.78, 5) is 21.0. The zero-order chi connectivity index (χ0) is 14.8. The van der Waals surface area contributed by atoms with Crippen LogP contribution >= 0.6 is 0 Å². The Balaban J connectivity index is 1.95. The molecule has 0 radical (unpaired) electrons. The minimum absolute atomic E-state index is 0.0571. The zero-order valence-corrected chi connectivity index (χ0v) is 11.9. The largest absolute Gasteiger partial charge is 0.480 e. The number of benzene rings is 1. The molecule has 0 N–H and O–H groups in total. The molecule has 3 aromatic rings. The molecule has 3 rings (SSSR count). The minimum atomic E-state index is -0.0571. The van der Waals surface area contributed by atoms with Gasteiger partial charge in [-0.2, -0.15) is 0 Å². The van der Waals surface area contributed by atoms with Crippen molar-refractivity contribution in [2.24, 2.45) is 7.05 Å². The molecule has 0 bridgehead atoms. The van der Waals surface area contributed by atoms with Crippen molar-refractivity contribution in [2.45, 2.75) is 6.42 Å². The number of Topliss-reactive ketones (excluding diaryl/α,β-unsaturated/α-hetero) is 1. The smallest absolute Gasteiger partial charge is 0.224 e. The second kappa shape index (κ2) is 5.36. The maximum atomic E-state index is 12.4. The van der Waals surface area contributed by atoms with E-state index in [0.29, 0.717) is 11.4 Å². The predicted octanol–water partition coefficient (Wildman–Crippen LogP) is 2.40. The number of ketones is 1. The van der Waals surface area contributed by atoms with Crippen molar-refractivity contribution in [1.82, 2.24) is 14.5 Å². The molecule has 2 aromatic heterocycles. The van der Waals surface area contributed by atoms with E-state index < -0.39 is 0 Å². The van der Waals surface area contributed by atoms with E-state index in [0.717, 1.165) is 16.9 Å². The third-order valence-corrected chi connectivity index (χ3v) is 3.46. The Morgan fingerprint density at radius 3 is 2.81 bits per heavy atom. The van der Waals surface area contributed by atoms with Gasteiger partial charge in [0.2, 0.25) is 5.88 Å².